The third kappa shape index (κ3) is 2.34. The number of aliphatic hydroxyl groups is 1. The summed E-state index contributed by atoms with van der Waals surface area (Å²) in [4.78, 5) is 0. The van der Waals surface area contributed by atoms with E-state index < -0.39 is 5.60 Å². The van der Waals surface area contributed by atoms with Crippen LogP contribution in [0.15, 0.2) is 24.3 Å². The zero-order valence-electron chi connectivity index (χ0n) is 8.74. The van der Waals surface area contributed by atoms with Crippen LogP contribution in [-0.4, -0.2) is 16.1 Å². The number of rotatable bonds is 1. The first-order valence-corrected chi connectivity index (χ1v) is 6.25. The van der Waals surface area contributed by atoms with Crippen molar-refractivity contribution in [3.63, 3.8) is 0 Å². The zero-order valence-corrected chi connectivity index (χ0v) is 9.56. The Morgan fingerprint density at radius 2 is 2.33 bits per heavy atom. The van der Waals surface area contributed by atoms with E-state index in [0.29, 0.717) is 16.6 Å². The van der Waals surface area contributed by atoms with Crippen molar-refractivity contribution in [2.24, 2.45) is 0 Å². The molecular formula is C12H15FOS. The monoisotopic (exact) mass is 226 g/mol. The van der Waals surface area contributed by atoms with Gasteiger partial charge in [-0.3, -0.25) is 0 Å². The summed E-state index contributed by atoms with van der Waals surface area (Å²) in [7, 11) is 0. The van der Waals surface area contributed by atoms with Gasteiger partial charge in [-0.15, -0.1) is 0 Å². The summed E-state index contributed by atoms with van der Waals surface area (Å²) < 4.78 is 13.1. The van der Waals surface area contributed by atoms with E-state index in [-0.39, 0.29) is 5.82 Å². The van der Waals surface area contributed by atoms with Crippen molar-refractivity contribution in [1.82, 2.24) is 0 Å². The molecule has 1 aromatic rings. The molecule has 1 fully saturated rings. The average molecular weight is 226 g/mol. The third-order valence-electron chi connectivity index (χ3n) is 2.93. The lowest BCUT2D eigenvalue weighted by atomic mass is 9.90. The van der Waals surface area contributed by atoms with E-state index in [9.17, 15) is 9.50 Å². The SMILES string of the molecule is CC1CCC(O)(c2cccc(F)c2)CS1. The Kier molecular flexibility index (Phi) is 3.03. The second kappa shape index (κ2) is 4.14. The third-order valence-corrected chi connectivity index (χ3v) is 4.38. The molecule has 1 aliphatic heterocycles. The lowest BCUT2D eigenvalue weighted by Crippen LogP contribution is -2.34. The molecule has 0 amide bonds. The predicted molar refractivity (Wildman–Crippen MR) is 61.5 cm³/mol. The molecule has 2 unspecified atom stereocenters. The molecule has 1 heterocycles. The smallest absolute Gasteiger partial charge is 0.123 e. The highest BCUT2D eigenvalue weighted by molar-refractivity contribution is 7.99. The van der Waals surface area contributed by atoms with Crippen LogP contribution in [0, 0.1) is 5.82 Å². The summed E-state index contributed by atoms with van der Waals surface area (Å²) >= 11 is 1.75. The average Bonchev–Trinajstić information content (AvgIpc) is 2.23. The minimum atomic E-state index is -0.834. The molecule has 82 valence electrons. The Morgan fingerprint density at radius 1 is 1.53 bits per heavy atom. The topological polar surface area (TPSA) is 20.2 Å². The van der Waals surface area contributed by atoms with Crippen LogP contribution >= 0.6 is 11.8 Å². The van der Waals surface area contributed by atoms with Crippen LogP contribution < -0.4 is 0 Å². The van der Waals surface area contributed by atoms with Gasteiger partial charge in [-0.05, 0) is 30.5 Å². The Bertz CT molecular complexity index is 345. The number of thioether (sulfide) groups is 1. The van der Waals surface area contributed by atoms with Crippen LogP contribution in [0.3, 0.4) is 0 Å². The molecule has 0 spiro atoms. The van der Waals surface area contributed by atoms with E-state index >= 15 is 0 Å². The molecule has 2 atom stereocenters. The van der Waals surface area contributed by atoms with Gasteiger partial charge < -0.3 is 5.11 Å². The van der Waals surface area contributed by atoms with Crippen molar-refractivity contribution < 1.29 is 9.50 Å². The Morgan fingerprint density at radius 3 is 2.93 bits per heavy atom. The molecule has 0 bridgehead atoms. The van der Waals surface area contributed by atoms with Gasteiger partial charge in [0.2, 0.25) is 0 Å². The number of benzene rings is 1. The number of hydrogen-bond donors (Lipinski definition) is 1. The Hall–Kier alpha value is -0.540. The van der Waals surface area contributed by atoms with Gasteiger partial charge >= 0.3 is 0 Å². The van der Waals surface area contributed by atoms with Gasteiger partial charge in [0.05, 0.1) is 5.60 Å². The lowest BCUT2D eigenvalue weighted by molar-refractivity contribution is 0.0468. The molecule has 15 heavy (non-hydrogen) atoms. The van der Waals surface area contributed by atoms with E-state index in [4.69, 9.17) is 0 Å². The van der Waals surface area contributed by atoms with E-state index in [2.05, 4.69) is 6.92 Å². The second-order valence-corrected chi connectivity index (χ2v) is 5.63. The van der Waals surface area contributed by atoms with E-state index in [0.717, 1.165) is 12.8 Å². The van der Waals surface area contributed by atoms with Crippen LogP contribution in [0.5, 0.6) is 0 Å². The first-order chi connectivity index (χ1) is 7.10. The molecule has 1 nitrogen and oxygen atoms in total. The molecule has 0 radical (unpaired) electrons. The largest absolute Gasteiger partial charge is 0.384 e. The molecule has 1 aromatic carbocycles. The summed E-state index contributed by atoms with van der Waals surface area (Å²) in [6, 6.07) is 6.31. The van der Waals surface area contributed by atoms with E-state index in [1.165, 1.54) is 12.1 Å². The van der Waals surface area contributed by atoms with Gasteiger partial charge in [-0.1, -0.05) is 19.1 Å². The minimum Gasteiger partial charge on any atom is -0.384 e. The molecule has 0 aromatic heterocycles. The standard InChI is InChI=1S/C12H15FOS/c1-9-5-6-12(14,8-15-9)10-3-2-4-11(13)7-10/h2-4,7,9,14H,5-6,8H2,1H3. The highest BCUT2D eigenvalue weighted by Gasteiger charge is 2.34. The molecule has 0 aliphatic carbocycles. The summed E-state index contributed by atoms with van der Waals surface area (Å²) in [5.41, 5.74) is -0.124. The molecule has 3 heteroatoms. The molecular weight excluding hydrogens is 211 g/mol. The van der Waals surface area contributed by atoms with Gasteiger partial charge in [0.25, 0.3) is 0 Å². The van der Waals surface area contributed by atoms with E-state index in [1.54, 1.807) is 23.9 Å². The summed E-state index contributed by atoms with van der Waals surface area (Å²) in [6.45, 7) is 2.16. The van der Waals surface area contributed by atoms with Crippen molar-refractivity contribution in [1.29, 1.82) is 0 Å². The van der Waals surface area contributed by atoms with Gasteiger partial charge in [0.15, 0.2) is 0 Å². The van der Waals surface area contributed by atoms with Crippen molar-refractivity contribution in [3.8, 4) is 0 Å². The van der Waals surface area contributed by atoms with Gasteiger partial charge in [-0.25, -0.2) is 4.39 Å². The zero-order chi connectivity index (χ0) is 10.9. The molecule has 2 rings (SSSR count). The summed E-state index contributed by atoms with van der Waals surface area (Å²) in [5, 5.41) is 11.0. The van der Waals surface area contributed by atoms with Gasteiger partial charge in [0, 0.05) is 11.0 Å². The minimum absolute atomic E-state index is 0.274. The second-order valence-electron chi connectivity index (χ2n) is 4.20. The maximum Gasteiger partial charge on any atom is 0.123 e. The fourth-order valence-corrected chi connectivity index (χ4v) is 3.04. The van der Waals surface area contributed by atoms with Crippen LogP contribution in [0.1, 0.15) is 25.3 Å². The Balaban J connectivity index is 2.22. The maximum atomic E-state index is 13.1. The van der Waals surface area contributed by atoms with Crippen molar-refractivity contribution >= 4 is 11.8 Å². The van der Waals surface area contributed by atoms with Crippen molar-refractivity contribution in [2.45, 2.75) is 30.6 Å². The normalized spacial score (nSPS) is 31.5. The van der Waals surface area contributed by atoms with Gasteiger partial charge in [0.1, 0.15) is 5.82 Å². The summed E-state index contributed by atoms with van der Waals surface area (Å²) in [6.07, 6.45) is 1.71. The number of hydrogen-bond acceptors (Lipinski definition) is 2. The summed E-state index contributed by atoms with van der Waals surface area (Å²) in [5.74, 6) is 0.391. The quantitative estimate of drug-likeness (QED) is 0.794. The molecule has 1 aliphatic rings. The van der Waals surface area contributed by atoms with Crippen LogP contribution in [0.25, 0.3) is 0 Å². The fourth-order valence-electron chi connectivity index (χ4n) is 1.88. The Labute approximate surface area is 93.7 Å². The van der Waals surface area contributed by atoms with Crippen LogP contribution in [-0.2, 0) is 5.60 Å². The molecule has 1 N–H and O–H groups in total. The van der Waals surface area contributed by atoms with Gasteiger partial charge in [-0.2, -0.15) is 11.8 Å². The maximum absolute atomic E-state index is 13.1. The molecule has 0 saturated carbocycles. The fraction of sp³-hybridized carbons (Fsp3) is 0.500. The number of halogens is 1. The van der Waals surface area contributed by atoms with Crippen molar-refractivity contribution in [3.05, 3.63) is 35.6 Å². The predicted octanol–water partition coefficient (Wildman–Crippen LogP) is 2.93. The lowest BCUT2D eigenvalue weighted by Gasteiger charge is -2.34. The first-order valence-electron chi connectivity index (χ1n) is 5.20. The first kappa shape index (κ1) is 11.0. The van der Waals surface area contributed by atoms with Crippen LogP contribution in [0.4, 0.5) is 4.39 Å². The highest BCUT2D eigenvalue weighted by atomic mass is 32.2. The van der Waals surface area contributed by atoms with E-state index in [1.807, 2.05) is 0 Å². The van der Waals surface area contributed by atoms with Crippen LogP contribution in [0.2, 0.25) is 0 Å². The van der Waals surface area contributed by atoms with Crippen molar-refractivity contribution in [2.75, 3.05) is 5.75 Å². The molecule has 1 saturated heterocycles. The highest BCUT2D eigenvalue weighted by Crippen LogP contribution is 2.38.